The van der Waals surface area contributed by atoms with Crippen LogP contribution in [-0.4, -0.2) is 24.0 Å². The molecule has 0 saturated carbocycles. The Morgan fingerprint density at radius 1 is 1.14 bits per heavy atom. The number of anilines is 2. The van der Waals surface area contributed by atoms with Crippen molar-refractivity contribution in [3.63, 3.8) is 0 Å². The summed E-state index contributed by atoms with van der Waals surface area (Å²) in [4.78, 5) is 18.9. The van der Waals surface area contributed by atoms with E-state index in [9.17, 15) is 4.79 Å². The van der Waals surface area contributed by atoms with E-state index in [2.05, 4.69) is 21.3 Å². The SMILES string of the molecule is Cc1ccc(NC(=O)c2ccc(N3CCCC3)cn2)c(C)c1. The molecule has 1 saturated heterocycles. The first-order valence-corrected chi connectivity index (χ1v) is 7.73. The van der Waals surface area contributed by atoms with E-state index in [-0.39, 0.29) is 5.91 Å². The van der Waals surface area contributed by atoms with Crippen LogP contribution in [0.5, 0.6) is 0 Å². The summed E-state index contributed by atoms with van der Waals surface area (Å²) in [6, 6.07) is 9.76. The third-order valence-electron chi connectivity index (χ3n) is 4.08. The van der Waals surface area contributed by atoms with Gasteiger partial charge in [-0.05, 0) is 50.5 Å². The van der Waals surface area contributed by atoms with Crippen molar-refractivity contribution in [3.05, 3.63) is 53.3 Å². The summed E-state index contributed by atoms with van der Waals surface area (Å²) in [5.74, 6) is -0.167. The molecule has 22 heavy (non-hydrogen) atoms. The second-order valence-corrected chi connectivity index (χ2v) is 5.87. The smallest absolute Gasteiger partial charge is 0.274 e. The van der Waals surface area contributed by atoms with E-state index in [1.54, 1.807) is 12.3 Å². The monoisotopic (exact) mass is 295 g/mol. The first-order chi connectivity index (χ1) is 10.6. The number of hydrogen-bond donors (Lipinski definition) is 1. The highest BCUT2D eigenvalue weighted by molar-refractivity contribution is 6.03. The summed E-state index contributed by atoms with van der Waals surface area (Å²) < 4.78 is 0. The minimum absolute atomic E-state index is 0.167. The summed E-state index contributed by atoms with van der Waals surface area (Å²) in [5.41, 5.74) is 4.62. The Bertz CT molecular complexity index is 673. The third kappa shape index (κ3) is 3.11. The maximum Gasteiger partial charge on any atom is 0.274 e. The summed E-state index contributed by atoms with van der Waals surface area (Å²) in [6.45, 7) is 6.19. The maximum absolute atomic E-state index is 12.3. The van der Waals surface area contributed by atoms with Crippen LogP contribution in [0.4, 0.5) is 11.4 Å². The standard InChI is InChI=1S/C18H21N3O/c1-13-5-7-16(14(2)11-13)20-18(22)17-8-6-15(12-19-17)21-9-3-4-10-21/h5-8,11-12H,3-4,9-10H2,1-2H3,(H,20,22). The van der Waals surface area contributed by atoms with Crippen LogP contribution in [0, 0.1) is 13.8 Å². The summed E-state index contributed by atoms with van der Waals surface area (Å²) in [6.07, 6.45) is 4.26. The quantitative estimate of drug-likeness (QED) is 0.942. The molecule has 4 nitrogen and oxygen atoms in total. The van der Waals surface area contributed by atoms with Gasteiger partial charge in [0.1, 0.15) is 5.69 Å². The fourth-order valence-electron chi connectivity index (χ4n) is 2.82. The average molecular weight is 295 g/mol. The normalized spacial score (nSPS) is 14.2. The second kappa shape index (κ2) is 6.18. The number of pyridine rings is 1. The molecule has 2 aromatic rings. The molecule has 0 bridgehead atoms. The molecule has 1 N–H and O–H groups in total. The Labute approximate surface area is 131 Å². The fourth-order valence-corrected chi connectivity index (χ4v) is 2.82. The molecule has 1 fully saturated rings. The van der Waals surface area contributed by atoms with Gasteiger partial charge in [-0.25, -0.2) is 4.98 Å². The predicted octanol–water partition coefficient (Wildman–Crippen LogP) is 3.55. The van der Waals surface area contributed by atoms with Crippen molar-refractivity contribution in [2.45, 2.75) is 26.7 Å². The lowest BCUT2D eigenvalue weighted by atomic mass is 10.1. The fraction of sp³-hybridized carbons (Fsp3) is 0.333. The van der Waals surface area contributed by atoms with Gasteiger partial charge in [-0.1, -0.05) is 17.7 Å². The number of hydrogen-bond acceptors (Lipinski definition) is 3. The molecule has 0 atom stereocenters. The summed E-state index contributed by atoms with van der Waals surface area (Å²) in [7, 11) is 0. The zero-order chi connectivity index (χ0) is 15.5. The van der Waals surface area contributed by atoms with E-state index in [1.807, 2.05) is 32.0 Å². The van der Waals surface area contributed by atoms with Gasteiger partial charge in [0.05, 0.1) is 11.9 Å². The molecular weight excluding hydrogens is 274 g/mol. The summed E-state index contributed by atoms with van der Waals surface area (Å²) >= 11 is 0. The minimum Gasteiger partial charge on any atom is -0.370 e. The van der Waals surface area contributed by atoms with Crippen molar-refractivity contribution in [3.8, 4) is 0 Å². The highest BCUT2D eigenvalue weighted by atomic mass is 16.1. The van der Waals surface area contributed by atoms with E-state index in [0.717, 1.165) is 30.0 Å². The van der Waals surface area contributed by atoms with Gasteiger partial charge in [0.25, 0.3) is 5.91 Å². The van der Waals surface area contributed by atoms with Gasteiger partial charge in [-0.2, -0.15) is 0 Å². The second-order valence-electron chi connectivity index (χ2n) is 5.87. The van der Waals surface area contributed by atoms with E-state index in [4.69, 9.17) is 0 Å². The van der Waals surface area contributed by atoms with Gasteiger partial charge in [-0.3, -0.25) is 4.79 Å². The molecule has 0 unspecified atom stereocenters. The highest BCUT2D eigenvalue weighted by Gasteiger charge is 2.14. The number of carbonyl (C=O) groups is 1. The Kier molecular flexibility index (Phi) is 4.09. The van der Waals surface area contributed by atoms with Crippen LogP contribution in [0.1, 0.15) is 34.5 Å². The lowest BCUT2D eigenvalue weighted by Crippen LogP contribution is -2.19. The van der Waals surface area contributed by atoms with Crippen molar-refractivity contribution >= 4 is 17.3 Å². The Hall–Kier alpha value is -2.36. The Balaban J connectivity index is 1.71. The minimum atomic E-state index is -0.167. The molecule has 3 rings (SSSR count). The number of rotatable bonds is 3. The van der Waals surface area contributed by atoms with E-state index in [1.165, 1.54) is 18.4 Å². The van der Waals surface area contributed by atoms with Crippen molar-refractivity contribution in [2.75, 3.05) is 23.3 Å². The zero-order valence-corrected chi connectivity index (χ0v) is 13.1. The maximum atomic E-state index is 12.3. The van der Waals surface area contributed by atoms with Crippen molar-refractivity contribution in [1.82, 2.24) is 4.98 Å². The van der Waals surface area contributed by atoms with Crippen LogP contribution in [-0.2, 0) is 0 Å². The lowest BCUT2D eigenvalue weighted by Gasteiger charge is -2.17. The van der Waals surface area contributed by atoms with Crippen LogP contribution < -0.4 is 10.2 Å². The van der Waals surface area contributed by atoms with Crippen LogP contribution in [0.25, 0.3) is 0 Å². The zero-order valence-electron chi connectivity index (χ0n) is 13.1. The first kappa shape index (κ1) is 14.6. The molecule has 4 heteroatoms. The average Bonchev–Trinajstić information content (AvgIpc) is 3.04. The van der Waals surface area contributed by atoms with Gasteiger partial charge in [0, 0.05) is 18.8 Å². The predicted molar refractivity (Wildman–Crippen MR) is 89.6 cm³/mol. The number of aryl methyl sites for hydroxylation is 2. The molecular formula is C18H21N3O. The number of carbonyl (C=O) groups excluding carboxylic acids is 1. The van der Waals surface area contributed by atoms with Crippen molar-refractivity contribution in [1.29, 1.82) is 0 Å². The number of aromatic nitrogens is 1. The Morgan fingerprint density at radius 3 is 2.55 bits per heavy atom. The molecule has 1 amide bonds. The van der Waals surface area contributed by atoms with Gasteiger partial charge >= 0.3 is 0 Å². The molecule has 1 aromatic carbocycles. The highest BCUT2D eigenvalue weighted by Crippen LogP contribution is 2.20. The van der Waals surface area contributed by atoms with Crippen molar-refractivity contribution in [2.24, 2.45) is 0 Å². The molecule has 0 aliphatic carbocycles. The molecule has 1 aliphatic heterocycles. The molecule has 0 radical (unpaired) electrons. The van der Waals surface area contributed by atoms with Crippen molar-refractivity contribution < 1.29 is 4.79 Å². The van der Waals surface area contributed by atoms with Gasteiger partial charge in [0.2, 0.25) is 0 Å². The van der Waals surface area contributed by atoms with Gasteiger partial charge < -0.3 is 10.2 Å². The molecule has 1 aromatic heterocycles. The van der Waals surface area contributed by atoms with Gasteiger partial charge in [0.15, 0.2) is 0 Å². The summed E-state index contributed by atoms with van der Waals surface area (Å²) in [5, 5.41) is 2.93. The van der Waals surface area contributed by atoms with Crippen LogP contribution >= 0.6 is 0 Å². The molecule has 0 spiro atoms. The largest absolute Gasteiger partial charge is 0.370 e. The van der Waals surface area contributed by atoms with Crippen LogP contribution in [0.15, 0.2) is 36.5 Å². The topological polar surface area (TPSA) is 45.2 Å². The Morgan fingerprint density at radius 2 is 1.91 bits per heavy atom. The van der Waals surface area contributed by atoms with Crippen LogP contribution in [0.3, 0.4) is 0 Å². The first-order valence-electron chi connectivity index (χ1n) is 7.73. The molecule has 2 heterocycles. The van der Waals surface area contributed by atoms with E-state index >= 15 is 0 Å². The number of nitrogens with one attached hydrogen (secondary N) is 1. The van der Waals surface area contributed by atoms with Crippen LogP contribution in [0.2, 0.25) is 0 Å². The third-order valence-corrected chi connectivity index (χ3v) is 4.08. The molecule has 114 valence electrons. The number of amides is 1. The van der Waals surface area contributed by atoms with E-state index in [0.29, 0.717) is 5.69 Å². The van der Waals surface area contributed by atoms with E-state index < -0.39 is 0 Å². The lowest BCUT2D eigenvalue weighted by molar-refractivity contribution is 0.102. The van der Waals surface area contributed by atoms with Gasteiger partial charge in [-0.15, -0.1) is 0 Å². The number of benzene rings is 1. The molecule has 1 aliphatic rings. The number of nitrogens with zero attached hydrogens (tertiary/aromatic N) is 2.